The van der Waals surface area contributed by atoms with Crippen LogP contribution >= 0.6 is 11.6 Å². The molecule has 1 N–H and O–H groups in total. The van der Waals surface area contributed by atoms with Crippen LogP contribution in [0.15, 0.2) is 6.07 Å². The van der Waals surface area contributed by atoms with Crippen molar-refractivity contribution in [2.24, 2.45) is 0 Å². The molecule has 0 aliphatic heterocycles. The van der Waals surface area contributed by atoms with Crippen molar-refractivity contribution in [1.82, 2.24) is 14.9 Å². The number of rotatable bonds is 8. The summed E-state index contributed by atoms with van der Waals surface area (Å²) in [6, 6.07) is 2.50. The minimum Gasteiger partial charge on any atom is -0.374 e. The van der Waals surface area contributed by atoms with Crippen molar-refractivity contribution < 1.29 is 4.74 Å². The Hall–Kier alpha value is -0.910. The highest BCUT2D eigenvalue weighted by atomic mass is 35.5. The average molecular weight is 313 g/mol. The molecule has 0 amide bonds. The molecular weight excluding hydrogens is 288 g/mol. The van der Waals surface area contributed by atoms with Crippen molar-refractivity contribution in [2.75, 3.05) is 32.1 Å². The Balaban J connectivity index is 1.80. The van der Waals surface area contributed by atoms with Crippen LogP contribution in [-0.2, 0) is 11.3 Å². The average Bonchev–Trinajstić information content (AvgIpc) is 2.99. The zero-order chi connectivity index (χ0) is 15.1. The van der Waals surface area contributed by atoms with Crippen molar-refractivity contribution in [1.29, 1.82) is 0 Å². The van der Waals surface area contributed by atoms with Crippen LogP contribution in [0.3, 0.4) is 0 Å². The standard InChI is InChI=1S/C15H25ClN4O/c1-3-21-11-15-18-13(16)10-14(19-15)17-8-9-20(2)12-6-4-5-7-12/h10,12H,3-9,11H2,1-2H3,(H,17,18,19). The molecule has 1 aliphatic rings. The number of halogens is 1. The van der Waals surface area contributed by atoms with Crippen molar-refractivity contribution in [3.05, 3.63) is 17.0 Å². The predicted molar refractivity (Wildman–Crippen MR) is 85.7 cm³/mol. The zero-order valence-corrected chi connectivity index (χ0v) is 13.7. The molecule has 1 aromatic heterocycles. The molecule has 0 saturated heterocycles. The van der Waals surface area contributed by atoms with E-state index in [4.69, 9.17) is 16.3 Å². The minimum atomic E-state index is 0.397. The molecular formula is C15H25ClN4O. The van der Waals surface area contributed by atoms with Crippen LogP contribution < -0.4 is 5.32 Å². The van der Waals surface area contributed by atoms with Gasteiger partial charge >= 0.3 is 0 Å². The van der Waals surface area contributed by atoms with Gasteiger partial charge in [-0.2, -0.15) is 0 Å². The summed E-state index contributed by atoms with van der Waals surface area (Å²) in [4.78, 5) is 11.0. The Bertz CT molecular complexity index is 438. The molecule has 1 saturated carbocycles. The Morgan fingerprint density at radius 2 is 2.14 bits per heavy atom. The SMILES string of the molecule is CCOCc1nc(Cl)cc(NCCN(C)C2CCCC2)n1. The highest BCUT2D eigenvalue weighted by Crippen LogP contribution is 2.22. The molecule has 0 spiro atoms. The van der Waals surface area contributed by atoms with Gasteiger partial charge in [0.2, 0.25) is 0 Å². The van der Waals surface area contributed by atoms with Gasteiger partial charge < -0.3 is 15.0 Å². The van der Waals surface area contributed by atoms with Crippen LogP contribution in [0.25, 0.3) is 0 Å². The third kappa shape index (κ3) is 5.41. The summed E-state index contributed by atoms with van der Waals surface area (Å²) in [5.74, 6) is 1.39. The maximum Gasteiger partial charge on any atom is 0.158 e. The monoisotopic (exact) mass is 312 g/mol. The molecule has 0 bridgehead atoms. The first-order chi connectivity index (χ1) is 10.2. The van der Waals surface area contributed by atoms with Gasteiger partial charge in [0.25, 0.3) is 0 Å². The zero-order valence-electron chi connectivity index (χ0n) is 12.9. The van der Waals surface area contributed by atoms with Crippen LogP contribution in [0.2, 0.25) is 5.15 Å². The van der Waals surface area contributed by atoms with Crippen molar-refractivity contribution in [2.45, 2.75) is 45.3 Å². The maximum atomic E-state index is 6.02. The summed E-state index contributed by atoms with van der Waals surface area (Å²) >= 11 is 6.02. The van der Waals surface area contributed by atoms with E-state index in [2.05, 4.69) is 27.2 Å². The topological polar surface area (TPSA) is 50.3 Å². The van der Waals surface area contributed by atoms with E-state index in [1.807, 2.05) is 6.92 Å². The first-order valence-electron chi connectivity index (χ1n) is 7.74. The summed E-state index contributed by atoms with van der Waals surface area (Å²) in [5.41, 5.74) is 0. The van der Waals surface area contributed by atoms with E-state index in [0.717, 1.165) is 24.9 Å². The summed E-state index contributed by atoms with van der Waals surface area (Å²) in [6.07, 6.45) is 5.39. The summed E-state index contributed by atoms with van der Waals surface area (Å²) in [5, 5.41) is 3.77. The van der Waals surface area contributed by atoms with Gasteiger partial charge in [-0.15, -0.1) is 0 Å². The maximum absolute atomic E-state index is 6.02. The molecule has 0 unspecified atom stereocenters. The Kier molecular flexibility index (Phi) is 6.67. The van der Waals surface area contributed by atoms with E-state index in [0.29, 0.717) is 24.2 Å². The summed E-state index contributed by atoms with van der Waals surface area (Å²) in [6.45, 7) is 4.85. The summed E-state index contributed by atoms with van der Waals surface area (Å²) < 4.78 is 5.32. The second-order valence-corrected chi connectivity index (χ2v) is 5.86. The number of nitrogens with zero attached hydrogens (tertiary/aromatic N) is 3. The first-order valence-corrected chi connectivity index (χ1v) is 8.12. The van der Waals surface area contributed by atoms with Gasteiger partial charge in [0.15, 0.2) is 5.82 Å². The Morgan fingerprint density at radius 1 is 1.38 bits per heavy atom. The van der Waals surface area contributed by atoms with E-state index in [9.17, 15) is 0 Å². The van der Waals surface area contributed by atoms with Crippen LogP contribution in [0.5, 0.6) is 0 Å². The fourth-order valence-electron chi connectivity index (χ4n) is 2.70. The number of aromatic nitrogens is 2. The molecule has 0 atom stereocenters. The van der Waals surface area contributed by atoms with Gasteiger partial charge in [0.05, 0.1) is 0 Å². The lowest BCUT2D eigenvalue weighted by molar-refractivity contribution is 0.128. The molecule has 1 aliphatic carbocycles. The van der Waals surface area contributed by atoms with Gasteiger partial charge in [-0.05, 0) is 26.8 Å². The van der Waals surface area contributed by atoms with Gasteiger partial charge in [-0.1, -0.05) is 24.4 Å². The highest BCUT2D eigenvalue weighted by Gasteiger charge is 2.18. The van der Waals surface area contributed by atoms with Gasteiger partial charge in [-0.3, -0.25) is 0 Å². The van der Waals surface area contributed by atoms with Crippen LogP contribution in [-0.4, -0.2) is 47.7 Å². The quantitative estimate of drug-likeness (QED) is 0.748. The molecule has 5 nitrogen and oxygen atoms in total. The highest BCUT2D eigenvalue weighted by molar-refractivity contribution is 6.29. The van der Waals surface area contributed by atoms with E-state index < -0.39 is 0 Å². The number of hydrogen-bond donors (Lipinski definition) is 1. The Labute approximate surface area is 132 Å². The van der Waals surface area contributed by atoms with Crippen molar-refractivity contribution >= 4 is 17.4 Å². The lowest BCUT2D eigenvalue weighted by Gasteiger charge is -2.24. The fourth-order valence-corrected chi connectivity index (χ4v) is 2.90. The van der Waals surface area contributed by atoms with Gasteiger partial charge in [-0.25, -0.2) is 9.97 Å². The normalized spacial score (nSPS) is 15.8. The van der Waals surface area contributed by atoms with Crippen molar-refractivity contribution in [3.63, 3.8) is 0 Å². The lowest BCUT2D eigenvalue weighted by Crippen LogP contribution is -2.33. The van der Waals surface area contributed by atoms with Crippen LogP contribution in [0.1, 0.15) is 38.4 Å². The third-order valence-electron chi connectivity index (χ3n) is 3.90. The predicted octanol–water partition coefficient (Wildman–Crippen LogP) is 2.95. The van der Waals surface area contributed by atoms with Gasteiger partial charge in [0.1, 0.15) is 17.6 Å². The fraction of sp³-hybridized carbons (Fsp3) is 0.733. The van der Waals surface area contributed by atoms with E-state index >= 15 is 0 Å². The smallest absolute Gasteiger partial charge is 0.158 e. The number of anilines is 1. The molecule has 0 aromatic carbocycles. The van der Waals surface area contributed by atoms with E-state index in [1.165, 1.54) is 25.7 Å². The number of hydrogen-bond acceptors (Lipinski definition) is 5. The third-order valence-corrected chi connectivity index (χ3v) is 4.09. The first kappa shape index (κ1) is 16.5. The molecule has 21 heavy (non-hydrogen) atoms. The molecule has 6 heteroatoms. The second-order valence-electron chi connectivity index (χ2n) is 5.47. The summed E-state index contributed by atoms with van der Waals surface area (Å²) in [7, 11) is 2.20. The molecule has 1 heterocycles. The van der Waals surface area contributed by atoms with E-state index in [-0.39, 0.29) is 0 Å². The lowest BCUT2D eigenvalue weighted by atomic mass is 10.2. The molecule has 1 aromatic rings. The van der Waals surface area contributed by atoms with Crippen molar-refractivity contribution in [3.8, 4) is 0 Å². The number of ether oxygens (including phenoxy) is 1. The Morgan fingerprint density at radius 3 is 2.86 bits per heavy atom. The van der Waals surface area contributed by atoms with Crippen LogP contribution in [0.4, 0.5) is 5.82 Å². The molecule has 118 valence electrons. The number of likely N-dealkylation sites (N-methyl/N-ethyl adjacent to an activating group) is 1. The van der Waals surface area contributed by atoms with Gasteiger partial charge in [0, 0.05) is 31.8 Å². The number of nitrogens with one attached hydrogen (secondary N) is 1. The molecule has 0 radical (unpaired) electrons. The second kappa shape index (κ2) is 8.51. The minimum absolute atomic E-state index is 0.397. The van der Waals surface area contributed by atoms with E-state index in [1.54, 1.807) is 6.07 Å². The molecule has 1 fully saturated rings. The molecule has 2 rings (SSSR count). The van der Waals surface area contributed by atoms with Crippen LogP contribution in [0, 0.1) is 0 Å². The largest absolute Gasteiger partial charge is 0.374 e.